The molecule has 0 aromatic carbocycles. The van der Waals surface area contributed by atoms with Crippen molar-refractivity contribution in [3.63, 3.8) is 0 Å². The minimum Gasteiger partial charge on any atom is -0.383 e. The number of rotatable bonds is 10. The molecule has 0 spiro atoms. The zero-order chi connectivity index (χ0) is 13.2. The first-order valence-corrected chi connectivity index (χ1v) is 6.27. The second-order valence-corrected chi connectivity index (χ2v) is 4.08. The molecule has 0 atom stereocenters. The molecule has 0 aliphatic rings. The Bertz CT molecular complexity index is 310. The minimum atomic E-state index is 0.694. The van der Waals surface area contributed by atoms with Crippen molar-refractivity contribution < 1.29 is 9.47 Å². The lowest BCUT2D eigenvalue weighted by atomic mass is 10.4. The van der Waals surface area contributed by atoms with Crippen molar-refractivity contribution in [1.82, 2.24) is 25.1 Å². The summed E-state index contributed by atoms with van der Waals surface area (Å²) in [6, 6.07) is 0. The molecule has 1 aromatic heterocycles. The molecule has 1 aromatic rings. The van der Waals surface area contributed by atoms with E-state index in [0.29, 0.717) is 13.2 Å². The highest BCUT2D eigenvalue weighted by molar-refractivity contribution is 4.81. The van der Waals surface area contributed by atoms with E-state index in [4.69, 9.17) is 9.47 Å². The van der Waals surface area contributed by atoms with Crippen molar-refractivity contribution in [2.24, 2.45) is 0 Å². The van der Waals surface area contributed by atoms with E-state index in [1.807, 2.05) is 4.68 Å². The molecule has 0 unspecified atom stereocenters. The van der Waals surface area contributed by atoms with Gasteiger partial charge >= 0.3 is 0 Å². The molecule has 1 rings (SSSR count). The van der Waals surface area contributed by atoms with Crippen LogP contribution in [0.5, 0.6) is 0 Å². The topological polar surface area (TPSA) is 65.3 Å². The van der Waals surface area contributed by atoms with Crippen LogP contribution in [-0.2, 0) is 22.6 Å². The maximum Gasteiger partial charge on any atom is 0.165 e. The highest BCUT2D eigenvalue weighted by Crippen LogP contribution is 2.01. The Balaban J connectivity index is 2.53. The van der Waals surface area contributed by atoms with Gasteiger partial charge in [0.25, 0.3) is 0 Å². The molecule has 7 heteroatoms. The Hall–Kier alpha value is -1.05. The van der Waals surface area contributed by atoms with Crippen molar-refractivity contribution in [2.75, 3.05) is 40.5 Å². The van der Waals surface area contributed by atoms with Gasteiger partial charge in [-0.05, 0) is 16.8 Å². The molecule has 18 heavy (non-hydrogen) atoms. The molecule has 0 aliphatic carbocycles. The molecule has 0 aliphatic heterocycles. The SMILES string of the molecule is CCCn1nnnc1CN(CCOC)CCOC. The second-order valence-electron chi connectivity index (χ2n) is 4.08. The summed E-state index contributed by atoms with van der Waals surface area (Å²) in [4.78, 5) is 2.23. The lowest BCUT2D eigenvalue weighted by molar-refractivity contribution is 0.108. The average molecular weight is 257 g/mol. The summed E-state index contributed by atoms with van der Waals surface area (Å²) in [6.07, 6.45) is 1.02. The summed E-state index contributed by atoms with van der Waals surface area (Å²) in [6.45, 7) is 6.76. The fraction of sp³-hybridized carbons (Fsp3) is 0.909. The number of tetrazole rings is 1. The Morgan fingerprint density at radius 3 is 2.39 bits per heavy atom. The molecular weight excluding hydrogens is 234 g/mol. The van der Waals surface area contributed by atoms with Gasteiger partial charge in [-0.1, -0.05) is 6.92 Å². The third-order valence-corrected chi connectivity index (χ3v) is 2.63. The quantitative estimate of drug-likeness (QED) is 0.595. The summed E-state index contributed by atoms with van der Waals surface area (Å²) in [5.41, 5.74) is 0. The normalized spacial score (nSPS) is 11.3. The van der Waals surface area contributed by atoms with E-state index >= 15 is 0 Å². The Morgan fingerprint density at radius 1 is 1.17 bits per heavy atom. The van der Waals surface area contributed by atoms with E-state index in [2.05, 4.69) is 27.3 Å². The van der Waals surface area contributed by atoms with Crippen molar-refractivity contribution >= 4 is 0 Å². The molecule has 0 fully saturated rings. The van der Waals surface area contributed by atoms with Crippen LogP contribution in [0.4, 0.5) is 0 Å². The van der Waals surface area contributed by atoms with Crippen molar-refractivity contribution in [3.05, 3.63) is 5.82 Å². The van der Waals surface area contributed by atoms with Crippen LogP contribution < -0.4 is 0 Å². The summed E-state index contributed by atoms with van der Waals surface area (Å²) in [7, 11) is 3.41. The van der Waals surface area contributed by atoms with Crippen LogP contribution in [0.25, 0.3) is 0 Å². The molecule has 0 amide bonds. The lowest BCUT2D eigenvalue weighted by Crippen LogP contribution is -2.31. The van der Waals surface area contributed by atoms with E-state index in [9.17, 15) is 0 Å². The smallest absolute Gasteiger partial charge is 0.165 e. The van der Waals surface area contributed by atoms with Crippen molar-refractivity contribution in [2.45, 2.75) is 26.4 Å². The van der Waals surface area contributed by atoms with E-state index in [-0.39, 0.29) is 0 Å². The third-order valence-electron chi connectivity index (χ3n) is 2.63. The Kier molecular flexibility index (Phi) is 7.47. The standard InChI is InChI=1S/C11H23N5O2/c1-4-5-16-11(12-13-14-16)10-15(6-8-17-2)7-9-18-3/h4-10H2,1-3H3. The maximum absolute atomic E-state index is 5.11. The number of methoxy groups -OCH3 is 2. The summed E-state index contributed by atoms with van der Waals surface area (Å²) >= 11 is 0. The van der Waals surface area contributed by atoms with E-state index in [1.165, 1.54) is 0 Å². The Labute approximate surface area is 108 Å². The first-order chi connectivity index (χ1) is 8.81. The van der Waals surface area contributed by atoms with E-state index < -0.39 is 0 Å². The third kappa shape index (κ3) is 5.07. The summed E-state index contributed by atoms with van der Waals surface area (Å²) < 4.78 is 12.1. The minimum absolute atomic E-state index is 0.694. The van der Waals surface area contributed by atoms with Crippen LogP contribution in [0, 0.1) is 0 Å². The van der Waals surface area contributed by atoms with Gasteiger partial charge < -0.3 is 9.47 Å². The predicted molar refractivity (Wildman–Crippen MR) is 67.1 cm³/mol. The van der Waals surface area contributed by atoms with Gasteiger partial charge in [0.2, 0.25) is 0 Å². The van der Waals surface area contributed by atoms with Crippen LogP contribution in [-0.4, -0.2) is 65.6 Å². The second kappa shape index (κ2) is 8.96. The van der Waals surface area contributed by atoms with Gasteiger partial charge in [0.1, 0.15) is 0 Å². The van der Waals surface area contributed by atoms with Gasteiger partial charge in [0, 0.05) is 33.9 Å². The summed E-state index contributed by atoms with van der Waals surface area (Å²) in [5, 5.41) is 11.8. The Morgan fingerprint density at radius 2 is 1.83 bits per heavy atom. The van der Waals surface area contributed by atoms with Gasteiger partial charge in [0.05, 0.1) is 19.8 Å². The van der Waals surface area contributed by atoms with Gasteiger partial charge in [-0.2, -0.15) is 0 Å². The van der Waals surface area contributed by atoms with Crippen LogP contribution in [0.15, 0.2) is 0 Å². The molecule has 1 heterocycles. The molecule has 0 N–H and O–H groups in total. The fourth-order valence-electron chi connectivity index (χ4n) is 1.63. The molecule has 104 valence electrons. The molecular formula is C11H23N5O2. The van der Waals surface area contributed by atoms with Gasteiger partial charge in [-0.3, -0.25) is 4.90 Å². The molecule has 7 nitrogen and oxygen atoms in total. The highest BCUT2D eigenvalue weighted by atomic mass is 16.5. The number of aromatic nitrogens is 4. The molecule has 0 saturated carbocycles. The van der Waals surface area contributed by atoms with E-state index in [0.717, 1.165) is 38.4 Å². The van der Waals surface area contributed by atoms with Crippen LogP contribution in [0.3, 0.4) is 0 Å². The lowest BCUT2D eigenvalue weighted by Gasteiger charge is -2.20. The number of hydrogen-bond acceptors (Lipinski definition) is 6. The van der Waals surface area contributed by atoms with Crippen LogP contribution in [0.2, 0.25) is 0 Å². The number of ether oxygens (including phenoxy) is 2. The number of hydrogen-bond donors (Lipinski definition) is 0. The van der Waals surface area contributed by atoms with Crippen LogP contribution >= 0.6 is 0 Å². The average Bonchev–Trinajstić information content (AvgIpc) is 2.80. The first-order valence-electron chi connectivity index (χ1n) is 6.27. The molecule has 0 saturated heterocycles. The zero-order valence-corrected chi connectivity index (χ0v) is 11.5. The number of aryl methyl sites for hydroxylation is 1. The monoisotopic (exact) mass is 257 g/mol. The van der Waals surface area contributed by atoms with E-state index in [1.54, 1.807) is 14.2 Å². The zero-order valence-electron chi connectivity index (χ0n) is 11.5. The van der Waals surface area contributed by atoms with Gasteiger partial charge in [-0.15, -0.1) is 5.10 Å². The summed E-state index contributed by atoms with van der Waals surface area (Å²) in [5.74, 6) is 0.893. The van der Waals surface area contributed by atoms with Gasteiger partial charge in [0.15, 0.2) is 5.82 Å². The van der Waals surface area contributed by atoms with Crippen LogP contribution in [0.1, 0.15) is 19.2 Å². The predicted octanol–water partition coefficient (Wildman–Crippen LogP) is 0.178. The first kappa shape index (κ1) is 15.0. The largest absolute Gasteiger partial charge is 0.383 e. The van der Waals surface area contributed by atoms with Crippen molar-refractivity contribution in [3.8, 4) is 0 Å². The molecule has 0 radical (unpaired) electrons. The fourth-order valence-corrected chi connectivity index (χ4v) is 1.63. The maximum atomic E-state index is 5.11. The van der Waals surface area contributed by atoms with Crippen molar-refractivity contribution in [1.29, 1.82) is 0 Å². The molecule has 0 bridgehead atoms. The number of nitrogens with zero attached hydrogens (tertiary/aromatic N) is 5. The van der Waals surface area contributed by atoms with Gasteiger partial charge in [-0.25, -0.2) is 4.68 Å². The highest BCUT2D eigenvalue weighted by Gasteiger charge is 2.11.